The summed E-state index contributed by atoms with van der Waals surface area (Å²) < 4.78 is 5.78. The Balaban J connectivity index is 1.54. The molecule has 0 aliphatic carbocycles. The molecule has 0 fully saturated rings. The maximum absolute atomic E-state index is 5.78. The van der Waals surface area contributed by atoms with E-state index in [0.717, 1.165) is 22.7 Å². The van der Waals surface area contributed by atoms with Crippen LogP contribution in [0.2, 0.25) is 0 Å². The molecule has 4 aromatic rings. The van der Waals surface area contributed by atoms with Gasteiger partial charge in [-0.25, -0.2) is 0 Å². The number of rotatable bonds is 4. The van der Waals surface area contributed by atoms with Crippen LogP contribution < -0.4 is 4.74 Å². The van der Waals surface area contributed by atoms with Crippen molar-refractivity contribution < 1.29 is 4.74 Å². The number of para-hydroxylation sites is 1. The topological polar surface area (TPSA) is 52.8 Å². The highest BCUT2D eigenvalue weighted by Gasteiger charge is 2.07. The van der Waals surface area contributed by atoms with Crippen molar-refractivity contribution in [3.05, 3.63) is 84.9 Å². The van der Waals surface area contributed by atoms with Crippen LogP contribution in [0.1, 0.15) is 0 Å². The molecule has 0 saturated carbocycles. The molecule has 24 heavy (non-hydrogen) atoms. The third-order valence-electron chi connectivity index (χ3n) is 3.49. The zero-order valence-electron chi connectivity index (χ0n) is 12.8. The van der Waals surface area contributed by atoms with Gasteiger partial charge in [-0.2, -0.15) is 0 Å². The molecular formula is C19H14N4O. The molecule has 0 N–H and O–H groups in total. The zero-order valence-corrected chi connectivity index (χ0v) is 12.8. The van der Waals surface area contributed by atoms with Crippen molar-refractivity contribution in [1.82, 2.24) is 20.2 Å². The lowest BCUT2D eigenvalue weighted by atomic mass is 10.2. The summed E-state index contributed by atoms with van der Waals surface area (Å²) in [4.78, 5) is 1.51. The summed E-state index contributed by atoms with van der Waals surface area (Å²) in [5, 5.41) is 12.6. The minimum Gasteiger partial charge on any atom is -0.457 e. The Hall–Kier alpha value is -3.47. The third kappa shape index (κ3) is 3.01. The molecule has 5 heteroatoms. The quantitative estimate of drug-likeness (QED) is 0.568. The number of benzene rings is 3. The van der Waals surface area contributed by atoms with Crippen molar-refractivity contribution >= 4 is 0 Å². The van der Waals surface area contributed by atoms with Gasteiger partial charge in [0.25, 0.3) is 0 Å². The van der Waals surface area contributed by atoms with Crippen molar-refractivity contribution in [2.45, 2.75) is 0 Å². The molecule has 0 amide bonds. The second kappa shape index (κ2) is 6.34. The smallest absolute Gasteiger partial charge is 0.205 e. The third-order valence-corrected chi connectivity index (χ3v) is 3.49. The van der Waals surface area contributed by atoms with Gasteiger partial charge in [0.1, 0.15) is 11.5 Å². The molecule has 0 radical (unpaired) electrons. The van der Waals surface area contributed by atoms with Gasteiger partial charge in [0.2, 0.25) is 5.82 Å². The van der Waals surface area contributed by atoms with E-state index < -0.39 is 0 Å². The minimum absolute atomic E-state index is 0.597. The molecular weight excluding hydrogens is 300 g/mol. The summed E-state index contributed by atoms with van der Waals surface area (Å²) in [5.74, 6) is 2.16. The Labute approximate surface area is 139 Å². The number of hydrogen-bond acceptors (Lipinski definition) is 4. The average Bonchev–Trinajstić information content (AvgIpc) is 3.14. The van der Waals surface area contributed by atoms with Crippen LogP contribution in [0.25, 0.3) is 17.1 Å². The Morgan fingerprint density at radius 3 is 2.00 bits per heavy atom. The molecule has 0 atom stereocenters. The highest BCUT2D eigenvalue weighted by molar-refractivity contribution is 5.53. The Kier molecular flexibility index (Phi) is 3.73. The van der Waals surface area contributed by atoms with E-state index in [1.165, 1.54) is 4.80 Å². The van der Waals surface area contributed by atoms with Crippen LogP contribution in [-0.4, -0.2) is 20.2 Å². The minimum atomic E-state index is 0.597. The number of tetrazole rings is 1. The second-order valence-corrected chi connectivity index (χ2v) is 5.18. The van der Waals surface area contributed by atoms with Crippen molar-refractivity contribution in [1.29, 1.82) is 0 Å². The SMILES string of the molecule is c1ccc(Oc2ccc(-n3nnc(-c4ccccc4)n3)cc2)cc1. The van der Waals surface area contributed by atoms with Crippen LogP contribution in [-0.2, 0) is 0 Å². The van der Waals surface area contributed by atoms with Gasteiger partial charge in [-0.3, -0.25) is 0 Å². The molecule has 3 aromatic carbocycles. The van der Waals surface area contributed by atoms with Gasteiger partial charge in [-0.05, 0) is 41.6 Å². The van der Waals surface area contributed by atoms with Gasteiger partial charge in [-0.15, -0.1) is 15.0 Å². The van der Waals surface area contributed by atoms with Crippen LogP contribution in [0.4, 0.5) is 0 Å². The highest BCUT2D eigenvalue weighted by atomic mass is 16.5. The van der Waals surface area contributed by atoms with Crippen molar-refractivity contribution in [2.75, 3.05) is 0 Å². The van der Waals surface area contributed by atoms with Crippen molar-refractivity contribution in [2.24, 2.45) is 0 Å². The standard InChI is InChI=1S/C19H14N4O/c1-3-7-15(8-4-1)19-20-22-23(21-19)16-11-13-18(14-12-16)24-17-9-5-2-6-10-17/h1-14H. The summed E-state index contributed by atoms with van der Waals surface area (Å²) in [6.45, 7) is 0. The summed E-state index contributed by atoms with van der Waals surface area (Å²) in [7, 11) is 0. The van der Waals surface area contributed by atoms with E-state index in [1.54, 1.807) is 0 Å². The number of ether oxygens (including phenoxy) is 1. The first-order chi connectivity index (χ1) is 11.9. The first-order valence-corrected chi connectivity index (χ1v) is 7.57. The number of aromatic nitrogens is 4. The summed E-state index contributed by atoms with van der Waals surface area (Å²) in [5.41, 5.74) is 1.76. The van der Waals surface area contributed by atoms with Crippen LogP contribution in [0, 0.1) is 0 Å². The van der Waals surface area contributed by atoms with Crippen LogP contribution >= 0.6 is 0 Å². The lowest BCUT2D eigenvalue weighted by Crippen LogP contribution is -1.98. The first kappa shape index (κ1) is 14.1. The van der Waals surface area contributed by atoms with E-state index in [4.69, 9.17) is 4.74 Å². The number of hydrogen-bond donors (Lipinski definition) is 0. The van der Waals surface area contributed by atoms with E-state index in [2.05, 4.69) is 15.4 Å². The maximum Gasteiger partial charge on any atom is 0.205 e. The predicted molar refractivity (Wildman–Crippen MR) is 91.1 cm³/mol. The van der Waals surface area contributed by atoms with Crippen LogP contribution in [0.3, 0.4) is 0 Å². The normalized spacial score (nSPS) is 10.5. The molecule has 5 nitrogen and oxygen atoms in total. The molecule has 0 spiro atoms. The zero-order chi connectivity index (χ0) is 16.2. The van der Waals surface area contributed by atoms with Crippen molar-refractivity contribution in [3.63, 3.8) is 0 Å². The Morgan fingerprint density at radius 2 is 1.29 bits per heavy atom. The molecule has 1 heterocycles. The first-order valence-electron chi connectivity index (χ1n) is 7.57. The lowest BCUT2D eigenvalue weighted by molar-refractivity contribution is 0.482. The van der Waals surface area contributed by atoms with Gasteiger partial charge in [0, 0.05) is 5.56 Å². The predicted octanol–water partition coefficient (Wildman–Crippen LogP) is 4.12. The van der Waals surface area contributed by atoms with Gasteiger partial charge < -0.3 is 4.74 Å². The summed E-state index contributed by atoms with van der Waals surface area (Å²) in [6.07, 6.45) is 0. The van der Waals surface area contributed by atoms with Crippen LogP contribution in [0.5, 0.6) is 11.5 Å². The lowest BCUT2D eigenvalue weighted by Gasteiger charge is -2.05. The summed E-state index contributed by atoms with van der Waals surface area (Å²) >= 11 is 0. The fourth-order valence-corrected chi connectivity index (χ4v) is 2.30. The van der Waals surface area contributed by atoms with Gasteiger partial charge in [-0.1, -0.05) is 48.5 Å². The summed E-state index contributed by atoms with van der Waals surface area (Å²) in [6, 6.07) is 27.0. The molecule has 0 aliphatic rings. The molecule has 0 unspecified atom stereocenters. The van der Waals surface area contributed by atoms with Gasteiger partial charge in [0.05, 0.1) is 5.69 Å². The molecule has 0 saturated heterocycles. The molecule has 4 rings (SSSR count). The van der Waals surface area contributed by atoms with E-state index >= 15 is 0 Å². The molecule has 1 aromatic heterocycles. The number of nitrogens with zero attached hydrogens (tertiary/aromatic N) is 4. The Bertz CT molecular complexity index is 919. The largest absolute Gasteiger partial charge is 0.457 e. The fourth-order valence-electron chi connectivity index (χ4n) is 2.30. The Morgan fingerprint density at radius 1 is 0.667 bits per heavy atom. The molecule has 0 bridgehead atoms. The molecule has 0 aliphatic heterocycles. The van der Waals surface area contributed by atoms with Crippen molar-refractivity contribution in [3.8, 4) is 28.6 Å². The maximum atomic E-state index is 5.78. The monoisotopic (exact) mass is 314 g/mol. The second-order valence-electron chi connectivity index (χ2n) is 5.18. The molecule has 116 valence electrons. The van der Waals surface area contributed by atoms with Gasteiger partial charge >= 0.3 is 0 Å². The van der Waals surface area contributed by atoms with Gasteiger partial charge in [0.15, 0.2) is 0 Å². The van der Waals surface area contributed by atoms with E-state index in [0.29, 0.717) is 5.82 Å². The van der Waals surface area contributed by atoms with E-state index in [1.807, 2.05) is 84.9 Å². The fraction of sp³-hybridized carbons (Fsp3) is 0. The van der Waals surface area contributed by atoms with E-state index in [-0.39, 0.29) is 0 Å². The van der Waals surface area contributed by atoms with E-state index in [9.17, 15) is 0 Å². The average molecular weight is 314 g/mol. The highest BCUT2D eigenvalue weighted by Crippen LogP contribution is 2.22. The van der Waals surface area contributed by atoms with Crippen LogP contribution in [0.15, 0.2) is 84.9 Å².